The summed E-state index contributed by atoms with van der Waals surface area (Å²) >= 11 is 0. The van der Waals surface area contributed by atoms with Gasteiger partial charge < -0.3 is 15.7 Å². The zero-order chi connectivity index (χ0) is 20.3. The van der Waals surface area contributed by atoms with Gasteiger partial charge in [0.05, 0.1) is 5.69 Å². The Morgan fingerprint density at radius 2 is 1.86 bits per heavy atom. The third kappa shape index (κ3) is 3.60. The summed E-state index contributed by atoms with van der Waals surface area (Å²) in [4.78, 5) is 27.1. The van der Waals surface area contributed by atoms with Crippen LogP contribution in [0.25, 0.3) is 0 Å². The van der Waals surface area contributed by atoms with E-state index in [0.717, 1.165) is 23.3 Å². The monoisotopic (exact) mass is 381 g/mol. The minimum Gasteiger partial charge on any atom is -0.359 e. The molecule has 3 N–H and O–H groups in total. The molecule has 1 heterocycles. The van der Waals surface area contributed by atoms with E-state index in [4.69, 9.17) is 0 Å². The lowest BCUT2D eigenvalue weighted by atomic mass is 9.94. The van der Waals surface area contributed by atoms with E-state index in [2.05, 4.69) is 24.5 Å². The van der Waals surface area contributed by atoms with Gasteiger partial charge >= 0.3 is 6.03 Å². The number of nitrogens with zero attached hydrogens (tertiary/aromatic N) is 1. The quantitative estimate of drug-likeness (QED) is 0.715. The van der Waals surface area contributed by atoms with Gasteiger partial charge in [-0.25, -0.2) is 4.79 Å². The standard InChI is InChI=1S/C22H27N3O3/c1-4-16-9-11-17(12-10-16)25-21(27)24-19-8-6-5-7-18(19)22(25,28)20(26)23-14-13-15(2)3/h5-12,15,28H,4,13-14H2,1-3H3,(H,23,26)(H,24,27). The van der Waals surface area contributed by atoms with Crippen LogP contribution in [0.15, 0.2) is 48.5 Å². The van der Waals surface area contributed by atoms with Crippen LogP contribution in [0.2, 0.25) is 0 Å². The number of carbonyl (C=O) groups excluding carboxylic acids is 2. The average molecular weight is 381 g/mol. The molecule has 1 aliphatic rings. The van der Waals surface area contributed by atoms with Crippen molar-refractivity contribution in [3.8, 4) is 0 Å². The maximum Gasteiger partial charge on any atom is 0.329 e. The molecule has 0 spiro atoms. The zero-order valence-electron chi connectivity index (χ0n) is 16.5. The molecular weight excluding hydrogens is 354 g/mol. The van der Waals surface area contributed by atoms with E-state index in [1.54, 1.807) is 36.4 Å². The van der Waals surface area contributed by atoms with Gasteiger partial charge in [0.1, 0.15) is 0 Å². The summed E-state index contributed by atoms with van der Waals surface area (Å²) in [7, 11) is 0. The van der Waals surface area contributed by atoms with Gasteiger partial charge in [-0.15, -0.1) is 0 Å². The van der Waals surface area contributed by atoms with Gasteiger partial charge in [-0.1, -0.05) is 51.1 Å². The Balaban J connectivity index is 2.05. The Morgan fingerprint density at radius 1 is 1.18 bits per heavy atom. The number of urea groups is 1. The van der Waals surface area contributed by atoms with Gasteiger partial charge in [0.15, 0.2) is 0 Å². The third-order valence-electron chi connectivity index (χ3n) is 5.00. The highest BCUT2D eigenvalue weighted by atomic mass is 16.3. The molecule has 0 saturated carbocycles. The summed E-state index contributed by atoms with van der Waals surface area (Å²) in [6.07, 6.45) is 1.64. The molecule has 3 amide bonds. The number of fused-ring (bicyclic) bond motifs is 1. The second-order valence-corrected chi connectivity index (χ2v) is 7.44. The highest BCUT2D eigenvalue weighted by Crippen LogP contribution is 2.39. The molecule has 1 atom stereocenters. The van der Waals surface area contributed by atoms with Crippen LogP contribution in [0.4, 0.5) is 16.2 Å². The number of anilines is 2. The minimum absolute atomic E-state index is 0.344. The number of nitrogens with one attached hydrogen (secondary N) is 2. The summed E-state index contributed by atoms with van der Waals surface area (Å²) in [6.45, 7) is 6.58. The molecule has 0 aromatic heterocycles. The first-order valence-electron chi connectivity index (χ1n) is 9.68. The van der Waals surface area contributed by atoms with E-state index in [0.29, 0.717) is 29.4 Å². The Labute approximate surface area is 165 Å². The molecule has 1 aliphatic heterocycles. The lowest BCUT2D eigenvalue weighted by Crippen LogP contribution is -2.62. The average Bonchev–Trinajstić information content (AvgIpc) is 2.68. The number of aliphatic hydroxyl groups is 1. The summed E-state index contributed by atoms with van der Waals surface area (Å²) in [5.41, 5.74) is 0.188. The molecule has 3 rings (SSSR count). The SMILES string of the molecule is CCc1ccc(N2C(=O)Nc3ccccc3C2(O)C(=O)NCCC(C)C)cc1. The molecule has 148 valence electrons. The molecule has 0 bridgehead atoms. The number of hydrogen-bond acceptors (Lipinski definition) is 3. The smallest absolute Gasteiger partial charge is 0.329 e. The Kier molecular flexibility index (Phi) is 5.70. The van der Waals surface area contributed by atoms with E-state index in [9.17, 15) is 14.7 Å². The van der Waals surface area contributed by atoms with Crippen molar-refractivity contribution in [2.45, 2.75) is 39.3 Å². The predicted molar refractivity (Wildman–Crippen MR) is 110 cm³/mol. The summed E-state index contributed by atoms with van der Waals surface area (Å²) < 4.78 is 0. The molecule has 28 heavy (non-hydrogen) atoms. The van der Waals surface area contributed by atoms with Crippen molar-refractivity contribution in [2.24, 2.45) is 5.92 Å². The molecule has 0 aliphatic carbocycles. The lowest BCUT2D eigenvalue weighted by Gasteiger charge is -2.42. The van der Waals surface area contributed by atoms with Crippen LogP contribution < -0.4 is 15.5 Å². The largest absolute Gasteiger partial charge is 0.359 e. The fourth-order valence-corrected chi connectivity index (χ4v) is 3.34. The van der Waals surface area contributed by atoms with E-state index >= 15 is 0 Å². The molecule has 1 unspecified atom stereocenters. The van der Waals surface area contributed by atoms with Crippen LogP contribution in [-0.2, 0) is 16.9 Å². The molecule has 2 aromatic rings. The van der Waals surface area contributed by atoms with Gasteiger partial charge in [-0.05, 0) is 42.5 Å². The van der Waals surface area contributed by atoms with Gasteiger partial charge in [0, 0.05) is 17.8 Å². The van der Waals surface area contributed by atoms with E-state index < -0.39 is 17.7 Å². The van der Waals surface area contributed by atoms with E-state index in [-0.39, 0.29) is 0 Å². The molecule has 6 nitrogen and oxygen atoms in total. The fraction of sp³-hybridized carbons (Fsp3) is 0.364. The van der Waals surface area contributed by atoms with Crippen molar-refractivity contribution in [3.05, 3.63) is 59.7 Å². The van der Waals surface area contributed by atoms with Crippen molar-refractivity contribution in [1.29, 1.82) is 0 Å². The first kappa shape index (κ1) is 19.9. The normalized spacial score (nSPS) is 18.6. The minimum atomic E-state index is -2.14. The zero-order valence-corrected chi connectivity index (χ0v) is 16.5. The van der Waals surface area contributed by atoms with Crippen molar-refractivity contribution < 1.29 is 14.7 Å². The number of aryl methyl sites for hydroxylation is 1. The van der Waals surface area contributed by atoms with E-state index in [1.807, 2.05) is 19.1 Å². The number of hydrogen-bond donors (Lipinski definition) is 3. The summed E-state index contributed by atoms with van der Waals surface area (Å²) in [6, 6.07) is 13.5. The first-order valence-corrected chi connectivity index (χ1v) is 9.68. The first-order chi connectivity index (χ1) is 13.4. The van der Waals surface area contributed by atoms with Crippen molar-refractivity contribution in [3.63, 3.8) is 0 Å². The molecule has 0 fully saturated rings. The van der Waals surface area contributed by atoms with Crippen molar-refractivity contribution >= 4 is 23.3 Å². The number of benzene rings is 2. The van der Waals surface area contributed by atoms with Gasteiger partial charge in [-0.2, -0.15) is 0 Å². The fourth-order valence-electron chi connectivity index (χ4n) is 3.34. The molecule has 2 aromatic carbocycles. The second-order valence-electron chi connectivity index (χ2n) is 7.44. The van der Waals surface area contributed by atoms with Crippen LogP contribution in [0.1, 0.15) is 38.3 Å². The summed E-state index contributed by atoms with van der Waals surface area (Å²) in [5.74, 6) is -0.204. The van der Waals surface area contributed by atoms with Crippen LogP contribution in [0.5, 0.6) is 0 Å². The topological polar surface area (TPSA) is 81.7 Å². The maximum absolute atomic E-state index is 13.1. The van der Waals surface area contributed by atoms with Gasteiger partial charge in [0.2, 0.25) is 0 Å². The highest BCUT2D eigenvalue weighted by molar-refractivity contribution is 6.11. The Bertz CT molecular complexity index is 864. The molecule has 0 saturated heterocycles. The maximum atomic E-state index is 13.1. The Hall–Kier alpha value is -2.86. The summed E-state index contributed by atoms with van der Waals surface area (Å²) in [5, 5.41) is 17.2. The molecular formula is C22H27N3O3. The van der Waals surface area contributed by atoms with Gasteiger partial charge in [0.25, 0.3) is 11.6 Å². The van der Waals surface area contributed by atoms with Crippen molar-refractivity contribution in [1.82, 2.24) is 5.32 Å². The van der Waals surface area contributed by atoms with Crippen LogP contribution in [0.3, 0.4) is 0 Å². The second kappa shape index (κ2) is 8.02. The van der Waals surface area contributed by atoms with Crippen LogP contribution in [0, 0.1) is 5.92 Å². The number of para-hydroxylation sites is 1. The van der Waals surface area contributed by atoms with E-state index in [1.165, 1.54) is 0 Å². The predicted octanol–water partition coefficient (Wildman–Crippen LogP) is 3.61. The highest BCUT2D eigenvalue weighted by Gasteiger charge is 2.51. The Morgan fingerprint density at radius 3 is 2.50 bits per heavy atom. The number of amides is 3. The molecule has 6 heteroatoms. The third-order valence-corrected chi connectivity index (χ3v) is 5.00. The van der Waals surface area contributed by atoms with Crippen LogP contribution >= 0.6 is 0 Å². The lowest BCUT2D eigenvalue weighted by molar-refractivity contribution is -0.140. The van der Waals surface area contributed by atoms with Crippen molar-refractivity contribution in [2.75, 3.05) is 16.8 Å². The number of carbonyl (C=O) groups is 2. The molecule has 0 radical (unpaired) electrons. The van der Waals surface area contributed by atoms with Crippen LogP contribution in [-0.4, -0.2) is 23.6 Å². The number of rotatable bonds is 6. The van der Waals surface area contributed by atoms with Gasteiger partial charge in [-0.3, -0.25) is 9.69 Å².